The van der Waals surface area contributed by atoms with Crippen LogP contribution in [0.2, 0.25) is 5.02 Å². The first-order valence-electron chi connectivity index (χ1n) is 5.05. The third kappa shape index (κ3) is 2.76. The van der Waals surface area contributed by atoms with E-state index in [1.807, 2.05) is 0 Å². The van der Waals surface area contributed by atoms with Crippen LogP contribution in [-0.4, -0.2) is 19.3 Å². The molecule has 2 N–H and O–H groups in total. The minimum absolute atomic E-state index is 0.113. The summed E-state index contributed by atoms with van der Waals surface area (Å²) in [6.45, 7) is 1.47. The summed E-state index contributed by atoms with van der Waals surface area (Å²) in [6.07, 6.45) is 2.17. The lowest BCUT2D eigenvalue weighted by Crippen LogP contribution is -2.28. The van der Waals surface area contributed by atoms with Crippen LogP contribution >= 0.6 is 11.6 Å². The van der Waals surface area contributed by atoms with Crippen molar-refractivity contribution in [2.75, 3.05) is 18.9 Å². The van der Waals surface area contributed by atoms with E-state index in [-0.39, 0.29) is 6.10 Å². The van der Waals surface area contributed by atoms with Gasteiger partial charge in [-0.05, 0) is 31.0 Å². The zero-order valence-electron chi connectivity index (χ0n) is 8.41. The summed E-state index contributed by atoms with van der Waals surface area (Å²) in [4.78, 5) is 0. The van der Waals surface area contributed by atoms with Crippen LogP contribution in [-0.2, 0) is 4.74 Å². The molecule has 15 heavy (non-hydrogen) atoms. The fourth-order valence-electron chi connectivity index (χ4n) is 1.61. The van der Waals surface area contributed by atoms with Crippen molar-refractivity contribution in [2.45, 2.75) is 18.9 Å². The highest BCUT2D eigenvalue weighted by Gasteiger charge is 2.16. The molecule has 82 valence electrons. The first kappa shape index (κ1) is 10.6. The highest BCUT2D eigenvalue weighted by atomic mass is 35.5. The van der Waals surface area contributed by atoms with Crippen molar-refractivity contribution >= 4 is 17.3 Å². The summed E-state index contributed by atoms with van der Waals surface area (Å²) in [5.74, 6) is 0.690. The van der Waals surface area contributed by atoms with Crippen LogP contribution in [0.4, 0.5) is 5.69 Å². The van der Waals surface area contributed by atoms with E-state index in [0.717, 1.165) is 19.4 Å². The number of nitrogen functional groups attached to an aromatic ring is 1. The largest absolute Gasteiger partial charge is 0.486 e. The Hall–Kier alpha value is -0.930. The smallest absolute Gasteiger partial charge is 0.142 e. The van der Waals surface area contributed by atoms with Crippen molar-refractivity contribution < 1.29 is 9.47 Å². The van der Waals surface area contributed by atoms with Gasteiger partial charge in [-0.3, -0.25) is 0 Å². The van der Waals surface area contributed by atoms with Gasteiger partial charge in [-0.15, -0.1) is 0 Å². The number of rotatable bonds is 2. The Labute approximate surface area is 94.1 Å². The van der Waals surface area contributed by atoms with Crippen molar-refractivity contribution in [3.8, 4) is 5.75 Å². The molecule has 1 fully saturated rings. The van der Waals surface area contributed by atoms with Crippen molar-refractivity contribution in [2.24, 2.45) is 0 Å². The molecule has 1 saturated heterocycles. The van der Waals surface area contributed by atoms with Crippen LogP contribution in [0.3, 0.4) is 0 Å². The number of hydrogen-bond donors (Lipinski definition) is 1. The second-order valence-electron chi connectivity index (χ2n) is 3.64. The lowest BCUT2D eigenvalue weighted by atomic mass is 10.2. The molecule has 0 aliphatic carbocycles. The third-order valence-electron chi connectivity index (χ3n) is 2.38. The molecular weight excluding hydrogens is 214 g/mol. The zero-order valence-corrected chi connectivity index (χ0v) is 9.17. The van der Waals surface area contributed by atoms with Crippen molar-refractivity contribution in [1.82, 2.24) is 0 Å². The third-order valence-corrected chi connectivity index (χ3v) is 2.62. The minimum Gasteiger partial charge on any atom is -0.486 e. The van der Waals surface area contributed by atoms with Crippen LogP contribution in [0, 0.1) is 0 Å². The first-order chi connectivity index (χ1) is 7.25. The maximum Gasteiger partial charge on any atom is 0.142 e. The number of hydrogen-bond acceptors (Lipinski definition) is 3. The van der Waals surface area contributed by atoms with E-state index < -0.39 is 0 Å². The predicted molar refractivity (Wildman–Crippen MR) is 60.3 cm³/mol. The molecule has 1 aliphatic heterocycles. The van der Waals surface area contributed by atoms with E-state index in [2.05, 4.69) is 0 Å². The standard InChI is InChI=1S/C11H14ClNO2/c12-8-3-4-11(10(13)6-8)15-9-2-1-5-14-7-9/h3-4,6,9H,1-2,5,7,13H2. The van der Waals surface area contributed by atoms with Gasteiger partial charge in [0.15, 0.2) is 0 Å². The Bertz CT molecular complexity index is 337. The monoisotopic (exact) mass is 227 g/mol. The molecule has 1 aliphatic rings. The van der Waals surface area contributed by atoms with Gasteiger partial charge in [0.2, 0.25) is 0 Å². The van der Waals surface area contributed by atoms with Gasteiger partial charge >= 0.3 is 0 Å². The van der Waals surface area contributed by atoms with Crippen LogP contribution in [0.25, 0.3) is 0 Å². The van der Waals surface area contributed by atoms with Crippen LogP contribution in [0.1, 0.15) is 12.8 Å². The fourth-order valence-corrected chi connectivity index (χ4v) is 1.79. The quantitative estimate of drug-likeness (QED) is 0.790. The lowest BCUT2D eigenvalue weighted by molar-refractivity contribution is 0.00776. The number of anilines is 1. The SMILES string of the molecule is Nc1cc(Cl)ccc1OC1CCCOC1. The Morgan fingerprint density at radius 1 is 1.47 bits per heavy atom. The van der Waals surface area contributed by atoms with E-state index in [9.17, 15) is 0 Å². The number of nitrogens with two attached hydrogens (primary N) is 1. The molecule has 4 heteroatoms. The molecule has 0 aromatic heterocycles. The summed E-state index contributed by atoms with van der Waals surface area (Å²) in [5.41, 5.74) is 6.37. The van der Waals surface area contributed by atoms with Gasteiger partial charge in [0, 0.05) is 11.6 Å². The zero-order chi connectivity index (χ0) is 10.7. The molecule has 0 bridgehead atoms. The Morgan fingerprint density at radius 3 is 3.00 bits per heavy atom. The van der Waals surface area contributed by atoms with Gasteiger partial charge in [0.25, 0.3) is 0 Å². The molecule has 2 rings (SSSR count). The summed E-state index contributed by atoms with van der Waals surface area (Å²) in [6, 6.07) is 5.27. The summed E-state index contributed by atoms with van der Waals surface area (Å²) >= 11 is 5.80. The van der Waals surface area contributed by atoms with Crippen molar-refractivity contribution in [3.63, 3.8) is 0 Å². The van der Waals surface area contributed by atoms with Crippen molar-refractivity contribution in [1.29, 1.82) is 0 Å². The molecule has 1 aromatic carbocycles. The van der Waals surface area contributed by atoms with E-state index >= 15 is 0 Å². The second-order valence-corrected chi connectivity index (χ2v) is 4.08. The van der Waals surface area contributed by atoms with Crippen LogP contribution < -0.4 is 10.5 Å². The molecule has 0 spiro atoms. The summed E-state index contributed by atoms with van der Waals surface area (Å²) in [5, 5.41) is 0.625. The highest BCUT2D eigenvalue weighted by Crippen LogP contribution is 2.27. The molecular formula is C11H14ClNO2. The van der Waals surface area contributed by atoms with Crippen LogP contribution in [0.15, 0.2) is 18.2 Å². The van der Waals surface area contributed by atoms with Crippen LogP contribution in [0.5, 0.6) is 5.75 Å². The van der Waals surface area contributed by atoms with Gasteiger partial charge < -0.3 is 15.2 Å². The normalized spacial score (nSPS) is 21.3. The average molecular weight is 228 g/mol. The van der Waals surface area contributed by atoms with E-state index in [1.54, 1.807) is 18.2 Å². The molecule has 1 heterocycles. The van der Waals surface area contributed by atoms with Gasteiger partial charge in [-0.25, -0.2) is 0 Å². The first-order valence-corrected chi connectivity index (χ1v) is 5.43. The number of benzene rings is 1. The average Bonchev–Trinajstić information content (AvgIpc) is 2.24. The van der Waals surface area contributed by atoms with E-state index in [1.165, 1.54) is 0 Å². The lowest BCUT2D eigenvalue weighted by Gasteiger charge is -2.23. The van der Waals surface area contributed by atoms with Gasteiger partial charge in [-0.2, -0.15) is 0 Å². The topological polar surface area (TPSA) is 44.5 Å². The summed E-state index contributed by atoms with van der Waals surface area (Å²) in [7, 11) is 0. The highest BCUT2D eigenvalue weighted by molar-refractivity contribution is 6.30. The molecule has 1 unspecified atom stereocenters. The molecule has 1 atom stereocenters. The second kappa shape index (κ2) is 4.73. The Balaban J connectivity index is 2.03. The maximum atomic E-state index is 5.80. The Kier molecular flexibility index (Phi) is 3.34. The Morgan fingerprint density at radius 2 is 2.33 bits per heavy atom. The predicted octanol–water partition coefficient (Wildman–Crippen LogP) is 2.48. The fraction of sp³-hybridized carbons (Fsp3) is 0.455. The number of halogens is 1. The van der Waals surface area contributed by atoms with Gasteiger partial charge in [-0.1, -0.05) is 11.6 Å². The minimum atomic E-state index is 0.113. The summed E-state index contributed by atoms with van der Waals surface area (Å²) < 4.78 is 11.1. The number of ether oxygens (including phenoxy) is 2. The molecule has 1 aromatic rings. The van der Waals surface area contributed by atoms with Crippen molar-refractivity contribution in [3.05, 3.63) is 23.2 Å². The van der Waals surface area contributed by atoms with E-state index in [4.69, 9.17) is 26.8 Å². The van der Waals surface area contributed by atoms with Gasteiger partial charge in [0.1, 0.15) is 11.9 Å². The molecule has 0 saturated carbocycles. The van der Waals surface area contributed by atoms with Gasteiger partial charge in [0.05, 0.1) is 12.3 Å². The maximum absolute atomic E-state index is 5.80. The molecule has 3 nitrogen and oxygen atoms in total. The van der Waals surface area contributed by atoms with E-state index in [0.29, 0.717) is 23.1 Å². The molecule has 0 radical (unpaired) electrons. The molecule has 0 amide bonds.